The van der Waals surface area contributed by atoms with Gasteiger partial charge in [0, 0.05) is 25.6 Å². The zero-order valence-electron chi connectivity index (χ0n) is 20.0. The van der Waals surface area contributed by atoms with Crippen LogP contribution in [-0.2, 0) is 26.0 Å². The van der Waals surface area contributed by atoms with Crippen molar-refractivity contribution in [2.75, 3.05) is 11.9 Å². The van der Waals surface area contributed by atoms with Gasteiger partial charge >= 0.3 is 0 Å². The Balaban J connectivity index is 1.92. The van der Waals surface area contributed by atoms with Crippen LogP contribution in [0.1, 0.15) is 58.2 Å². The van der Waals surface area contributed by atoms with Crippen molar-refractivity contribution in [3.63, 3.8) is 0 Å². The summed E-state index contributed by atoms with van der Waals surface area (Å²) in [5.41, 5.74) is 2.81. The molecule has 2 aromatic carbocycles. The lowest BCUT2D eigenvalue weighted by Crippen LogP contribution is -2.34. The molecule has 3 N–H and O–H groups in total. The lowest BCUT2D eigenvalue weighted by atomic mass is 9.93. The van der Waals surface area contributed by atoms with E-state index in [1.54, 1.807) is 0 Å². The molecule has 0 aliphatic heterocycles. The smallest absolute Gasteiger partial charge is 0.240 e. The van der Waals surface area contributed by atoms with Gasteiger partial charge in [-0.15, -0.1) is 0 Å². The summed E-state index contributed by atoms with van der Waals surface area (Å²) in [5, 5.41) is 5.62. The van der Waals surface area contributed by atoms with E-state index < -0.39 is 10.0 Å². The van der Waals surface area contributed by atoms with Crippen molar-refractivity contribution in [1.29, 1.82) is 0 Å². The summed E-state index contributed by atoms with van der Waals surface area (Å²) in [4.78, 5) is 23.7. The highest BCUT2D eigenvalue weighted by Crippen LogP contribution is 2.23. The highest BCUT2D eigenvalue weighted by molar-refractivity contribution is 7.89. The molecule has 0 saturated carbocycles. The molecule has 2 aromatic rings. The molecule has 33 heavy (non-hydrogen) atoms. The zero-order chi connectivity index (χ0) is 24.6. The minimum Gasteiger partial charge on any atom is -0.349 e. The maximum Gasteiger partial charge on any atom is 0.240 e. The molecule has 0 aromatic heterocycles. The van der Waals surface area contributed by atoms with Crippen LogP contribution in [0.4, 0.5) is 5.69 Å². The second-order valence-corrected chi connectivity index (χ2v) is 10.7. The third kappa shape index (κ3) is 8.63. The molecule has 0 fully saturated rings. The van der Waals surface area contributed by atoms with Gasteiger partial charge in [-0.2, -0.15) is 0 Å². The molecular formula is C25H35N3O4S. The van der Waals surface area contributed by atoms with Crippen molar-refractivity contribution in [3.8, 4) is 0 Å². The van der Waals surface area contributed by atoms with Gasteiger partial charge < -0.3 is 10.6 Å². The van der Waals surface area contributed by atoms with Crippen LogP contribution in [0, 0.1) is 11.8 Å². The summed E-state index contributed by atoms with van der Waals surface area (Å²) >= 11 is 0. The van der Waals surface area contributed by atoms with E-state index in [-0.39, 0.29) is 41.6 Å². The molecule has 1 atom stereocenters. The predicted octanol–water partition coefficient (Wildman–Crippen LogP) is 4.03. The van der Waals surface area contributed by atoms with Crippen LogP contribution >= 0.6 is 0 Å². The molecule has 0 aliphatic carbocycles. The van der Waals surface area contributed by atoms with Gasteiger partial charge in [0.2, 0.25) is 21.8 Å². The Kier molecular flexibility index (Phi) is 9.61. The Morgan fingerprint density at radius 1 is 0.909 bits per heavy atom. The van der Waals surface area contributed by atoms with E-state index in [9.17, 15) is 18.0 Å². The Labute approximate surface area is 197 Å². The Bertz CT molecular complexity index is 1030. The highest BCUT2D eigenvalue weighted by Gasteiger charge is 2.19. The van der Waals surface area contributed by atoms with Crippen molar-refractivity contribution in [2.45, 2.75) is 58.4 Å². The van der Waals surface area contributed by atoms with E-state index >= 15 is 0 Å². The first kappa shape index (κ1) is 26.5. The molecule has 0 radical (unpaired) electrons. The fourth-order valence-electron chi connectivity index (χ4n) is 3.52. The molecule has 2 amide bonds. The van der Waals surface area contributed by atoms with Gasteiger partial charge in [-0.3, -0.25) is 9.59 Å². The minimum absolute atomic E-state index is 0.0141. The van der Waals surface area contributed by atoms with Crippen molar-refractivity contribution < 1.29 is 18.0 Å². The average Bonchev–Trinajstić information content (AvgIpc) is 2.72. The molecule has 1 unspecified atom stereocenters. The van der Waals surface area contributed by atoms with Gasteiger partial charge in [0.15, 0.2) is 0 Å². The monoisotopic (exact) mass is 473 g/mol. The fourth-order valence-corrected chi connectivity index (χ4v) is 4.55. The quantitative estimate of drug-likeness (QED) is 0.458. The summed E-state index contributed by atoms with van der Waals surface area (Å²) in [6, 6.07) is 14.0. The van der Waals surface area contributed by atoms with Gasteiger partial charge in [0.05, 0.1) is 10.9 Å². The zero-order valence-corrected chi connectivity index (χ0v) is 20.8. The first-order chi connectivity index (χ1) is 15.5. The Morgan fingerprint density at radius 3 is 2.03 bits per heavy atom. The van der Waals surface area contributed by atoms with Crippen molar-refractivity contribution in [1.82, 2.24) is 10.0 Å². The predicted molar refractivity (Wildman–Crippen MR) is 131 cm³/mol. The minimum atomic E-state index is -3.76. The number of carbonyl (C=O) groups is 2. The molecule has 8 heteroatoms. The summed E-state index contributed by atoms with van der Waals surface area (Å²) in [6.45, 7) is 9.81. The largest absolute Gasteiger partial charge is 0.349 e. The van der Waals surface area contributed by atoms with E-state index in [0.29, 0.717) is 11.6 Å². The van der Waals surface area contributed by atoms with Gasteiger partial charge in [-0.25, -0.2) is 13.1 Å². The number of carbonyl (C=O) groups excluding carboxylic acids is 2. The number of nitrogens with one attached hydrogen (secondary N) is 3. The molecule has 7 nitrogen and oxygen atoms in total. The summed E-state index contributed by atoms with van der Waals surface area (Å²) in [7, 11) is -3.76. The summed E-state index contributed by atoms with van der Waals surface area (Å²) in [5.74, 6) is 0.309. The first-order valence-electron chi connectivity index (χ1n) is 11.2. The normalized spacial score (nSPS) is 12.6. The second-order valence-electron chi connectivity index (χ2n) is 8.98. The lowest BCUT2D eigenvalue weighted by Gasteiger charge is -2.23. The number of benzene rings is 2. The van der Waals surface area contributed by atoms with Crippen LogP contribution in [0.2, 0.25) is 0 Å². The molecule has 0 bridgehead atoms. The standard InChI is InChI=1S/C25H35N3O4S/c1-17(2)16-20-6-8-21(9-7-20)25(18(3)4)28-24(30)14-15-26-33(31,32)23-12-10-22(11-13-23)27-19(5)29/h6-13,17-18,25-26H,14-16H2,1-5H3,(H,27,29)(H,28,30). The summed E-state index contributed by atoms with van der Waals surface area (Å²) < 4.78 is 27.4. The lowest BCUT2D eigenvalue weighted by molar-refractivity contribution is -0.122. The second kappa shape index (κ2) is 12.0. The van der Waals surface area contributed by atoms with Crippen LogP contribution < -0.4 is 15.4 Å². The van der Waals surface area contributed by atoms with Crippen molar-refractivity contribution >= 4 is 27.5 Å². The fraction of sp³-hybridized carbons (Fsp3) is 0.440. The van der Waals surface area contributed by atoms with Crippen LogP contribution in [-0.4, -0.2) is 26.8 Å². The number of sulfonamides is 1. The van der Waals surface area contributed by atoms with Gasteiger partial charge in [0.1, 0.15) is 0 Å². The SMILES string of the molecule is CC(=O)Nc1ccc(S(=O)(=O)NCCC(=O)NC(c2ccc(CC(C)C)cc2)C(C)C)cc1. The third-order valence-corrected chi connectivity index (χ3v) is 6.57. The van der Waals surface area contributed by atoms with Crippen LogP contribution in [0.5, 0.6) is 0 Å². The molecule has 180 valence electrons. The molecule has 0 saturated heterocycles. The molecule has 0 spiro atoms. The van der Waals surface area contributed by atoms with E-state index in [4.69, 9.17) is 0 Å². The van der Waals surface area contributed by atoms with E-state index in [0.717, 1.165) is 12.0 Å². The van der Waals surface area contributed by atoms with E-state index in [1.165, 1.54) is 36.8 Å². The van der Waals surface area contributed by atoms with Crippen LogP contribution in [0.15, 0.2) is 53.4 Å². The Hall–Kier alpha value is -2.71. The summed E-state index contributed by atoms with van der Waals surface area (Å²) in [6.07, 6.45) is 1.03. The number of hydrogen-bond donors (Lipinski definition) is 3. The van der Waals surface area contributed by atoms with Crippen molar-refractivity contribution in [3.05, 3.63) is 59.7 Å². The number of hydrogen-bond acceptors (Lipinski definition) is 4. The molecule has 0 aliphatic rings. The average molecular weight is 474 g/mol. The number of amides is 2. The maximum absolute atomic E-state index is 12.5. The number of rotatable bonds is 11. The molecule has 0 heterocycles. The van der Waals surface area contributed by atoms with Crippen LogP contribution in [0.25, 0.3) is 0 Å². The van der Waals surface area contributed by atoms with E-state index in [1.807, 2.05) is 13.8 Å². The highest BCUT2D eigenvalue weighted by atomic mass is 32.2. The Morgan fingerprint density at radius 2 is 1.52 bits per heavy atom. The topological polar surface area (TPSA) is 104 Å². The van der Waals surface area contributed by atoms with Gasteiger partial charge in [0.25, 0.3) is 0 Å². The molecular weight excluding hydrogens is 438 g/mol. The van der Waals surface area contributed by atoms with Gasteiger partial charge in [-0.05, 0) is 53.6 Å². The third-order valence-electron chi connectivity index (χ3n) is 5.10. The van der Waals surface area contributed by atoms with E-state index in [2.05, 4.69) is 53.5 Å². The van der Waals surface area contributed by atoms with Crippen LogP contribution in [0.3, 0.4) is 0 Å². The number of anilines is 1. The maximum atomic E-state index is 12.5. The van der Waals surface area contributed by atoms with Gasteiger partial charge in [-0.1, -0.05) is 52.0 Å². The molecule has 2 rings (SSSR count). The van der Waals surface area contributed by atoms with Crippen molar-refractivity contribution in [2.24, 2.45) is 11.8 Å². The first-order valence-corrected chi connectivity index (χ1v) is 12.7.